The van der Waals surface area contributed by atoms with Gasteiger partial charge in [-0.05, 0) is 57.8 Å². The third-order valence-corrected chi connectivity index (χ3v) is 11.6. The minimum absolute atomic E-state index is 0.0693. The highest BCUT2D eigenvalue weighted by Gasteiger charge is 2.19. The van der Waals surface area contributed by atoms with Crippen molar-refractivity contribution in [1.29, 1.82) is 0 Å². The molecule has 0 rings (SSSR count). The average Bonchev–Trinajstić information content (AvgIpc) is 3.27. The van der Waals surface area contributed by atoms with E-state index in [1.165, 1.54) is 141 Å². The highest BCUT2D eigenvalue weighted by Crippen LogP contribution is 2.16. The van der Waals surface area contributed by atoms with Crippen LogP contribution in [0.3, 0.4) is 0 Å². The summed E-state index contributed by atoms with van der Waals surface area (Å²) in [5.74, 6) is -0.887. The summed E-state index contributed by atoms with van der Waals surface area (Å²) >= 11 is 0. The highest BCUT2D eigenvalue weighted by molar-refractivity contribution is 5.71. The van der Waals surface area contributed by atoms with Gasteiger partial charge in [-0.15, -0.1) is 0 Å². The number of hydrogen-bond donors (Lipinski definition) is 0. The van der Waals surface area contributed by atoms with Crippen molar-refractivity contribution >= 4 is 17.9 Å². The van der Waals surface area contributed by atoms with E-state index in [2.05, 4.69) is 69.4 Å². The van der Waals surface area contributed by atoms with E-state index < -0.39 is 6.10 Å². The van der Waals surface area contributed by atoms with Gasteiger partial charge in [-0.2, -0.15) is 0 Å². The lowest BCUT2D eigenvalue weighted by Crippen LogP contribution is -2.30. The smallest absolute Gasteiger partial charge is 0.306 e. The second kappa shape index (κ2) is 51.0. The summed E-state index contributed by atoms with van der Waals surface area (Å²) in [6.07, 6.45) is 62.0. The minimum Gasteiger partial charge on any atom is -0.462 e. The van der Waals surface area contributed by atoms with E-state index in [-0.39, 0.29) is 31.1 Å². The number of hydrogen-bond acceptors (Lipinski definition) is 6. The zero-order valence-corrected chi connectivity index (χ0v) is 41.1. The highest BCUT2D eigenvalue weighted by atomic mass is 16.6. The van der Waals surface area contributed by atoms with E-state index >= 15 is 0 Å². The van der Waals surface area contributed by atoms with Crippen LogP contribution in [0.15, 0.2) is 48.6 Å². The van der Waals surface area contributed by atoms with Crippen LogP contribution in [0.5, 0.6) is 0 Å². The first-order chi connectivity index (χ1) is 30.5. The normalized spacial score (nSPS) is 12.4. The molecule has 0 bridgehead atoms. The standard InChI is InChI=1S/C56H100O6/c1-4-7-10-13-15-16-17-18-19-20-21-22-23-24-25-26-27-28-29-30-31-32-33-34-35-36-37-38-39-40-41-44-46-49-55(58)61-52-53(51-60-54(57)48-45-42-12-9-6-3)62-56(59)50-47-43-14-11-8-5-2/h7,10,15-16,18-19,21-22,53H,4-6,8-9,11-14,17,20,23-52H2,1-3H3/b10-7-,16-15-,19-18-,22-21-. The molecule has 1 unspecified atom stereocenters. The van der Waals surface area contributed by atoms with Gasteiger partial charge in [-0.3, -0.25) is 14.4 Å². The summed E-state index contributed by atoms with van der Waals surface area (Å²) in [6.45, 7) is 6.39. The Morgan fingerprint density at radius 3 is 0.984 bits per heavy atom. The zero-order chi connectivity index (χ0) is 45.1. The molecule has 0 aromatic rings. The van der Waals surface area contributed by atoms with E-state index in [0.29, 0.717) is 19.3 Å². The van der Waals surface area contributed by atoms with Crippen molar-refractivity contribution in [2.75, 3.05) is 13.2 Å². The van der Waals surface area contributed by atoms with Gasteiger partial charge in [0.25, 0.3) is 0 Å². The SMILES string of the molecule is CC/C=C\C/C=C\C/C=C\C/C=C\CCCCCCCCCCCCCCCCCCCCCCC(=O)OCC(COC(=O)CCCCCCC)OC(=O)CCCCCCCC. The number of esters is 3. The van der Waals surface area contributed by atoms with Crippen LogP contribution in [0.4, 0.5) is 0 Å². The number of ether oxygens (including phenoxy) is 3. The Bertz CT molecular complexity index is 1090. The molecule has 0 spiro atoms. The Morgan fingerprint density at radius 2 is 0.629 bits per heavy atom. The largest absolute Gasteiger partial charge is 0.462 e. The van der Waals surface area contributed by atoms with Gasteiger partial charge in [0.2, 0.25) is 0 Å². The summed E-state index contributed by atoms with van der Waals surface area (Å²) in [5.41, 5.74) is 0. The molecule has 0 saturated heterocycles. The molecule has 0 aliphatic carbocycles. The molecule has 0 amide bonds. The minimum atomic E-state index is -0.760. The summed E-state index contributed by atoms with van der Waals surface area (Å²) in [6, 6.07) is 0. The Labute approximate surface area is 384 Å². The second-order valence-corrected chi connectivity index (χ2v) is 17.8. The van der Waals surface area contributed by atoms with Gasteiger partial charge in [0.1, 0.15) is 13.2 Å². The molecule has 0 saturated carbocycles. The van der Waals surface area contributed by atoms with Crippen LogP contribution in [-0.4, -0.2) is 37.2 Å². The van der Waals surface area contributed by atoms with Crippen molar-refractivity contribution in [2.45, 2.75) is 277 Å². The predicted molar refractivity (Wildman–Crippen MR) is 265 cm³/mol. The fourth-order valence-electron chi connectivity index (χ4n) is 7.61. The maximum absolute atomic E-state index is 12.5. The Morgan fingerprint density at radius 1 is 0.339 bits per heavy atom. The van der Waals surface area contributed by atoms with Crippen LogP contribution in [0.2, 0.25) is 0 Å². The molecule has 0 radical (unpaired) electrons. The van der Waals surface area contributed by atoms with Crippen molar-refractivity contribution in [1.82, 2.24) is 0 Å². The first-order valence-electron chi connectivity index (χ1n) is 26.6. The van der Waals surface area contributed by atoms with Crippen LogP contribution in [0.1, 0.15) is 271 Å². The van der Waals surface area contributed by atoms with Crippen molar-refractivity contribution in [3.63, 3.8) is 0 Å². The molecule has 6 heteroatoms. The lowest BCUT2D eigenvalue weighted by Gasteiger charge is -2.18. The molecule has 0 aliphatic heterocycles. The van der Waals surface area contributed by atoms with E-state index in [1.807, 2.05) is 0 Å². The number of allylic oxidation sites excluding steroid dienone is 8. The lowest BCUT2D eigenvalue weighted by atomic mass is 10.0. The molecule has 0 N–H and O–H groups in total. The number of carbonyl (C=O) groups is 3. The van der Waals surface area contributed by atoms with Gasteiger partial charge in [0, 0.05) is 19.3 Å². The molecule has 0 heterocycles. The van der Waals surface area contributed by atoms with Crippen molar-refractivity contribution < 1.29 is 28.6 Å². The maximum atomic E-state index is 12.5. The van der Waals surface area contributed by atoms with Gasteiger partial charge in [-0.1, -0.05) is 243 Å². The Balaban J connectivity index is 3.75. The molecule has 0 fully saturated rings. The molecular formula is C56H100O6. The Kier molecular flexibility index (Phi) is 48.8. The van der Waals surface area contributed by atoms with E-state index in [1.54, 1.807) is 0 Å². The second-order valence-electron chi connectivity index (χ2n) is 17.8. The van der Waals surface area contributed by atoms with E-state index in [9.17, 15) is 14.4 Å². The number of carbonyl (C=O) groups excluding carboxylic acids is 3. The van der Waals surface area contributed by atoms with Crippen molar-refractivity contribution in [3.8, 4) is 0 Å². The van der Waals surface area contributed by atoms with Crippen LogP contribution in [-0.2, 0) is 28.6 Å². The molecule has 0 aromatic heterocycles. The topological polar surface area (TPSA) is 78.9 Å². The summed E-state index contributed by atoms with van der Waals surface area (Å²) in [7, 11) is 0. The maximum Gasteiger partial charge on any atom is 0.306 e. The molecule has 62 heavy (non-hydrogen) atoms. The molecule has 6 nitrogen and oxygen atoms in total. The summed E-state index contributed by atoms with van der Waals surface area (Å²) in [5, 5.41) is 0. The first-order valence-corrected chi connectivity index (χ1v) is 26.6. The van der Waals surface area contributed by atoms with Gasteiger partial charge in [0.15, 0.2) is 6.10 Å². The van der Waals surface area contributed by atoms with Gasteiger partial charge >= 0.3 is 17.9 Å². The quantitative estimate of drug-likeness (QED) is 0.0262. The van der Waals surface area contributed by atoms with Crippen LogP contribution >= 0.6 is 0 Å². The molecule has 360 valence electrons. The van der Waals surface area contributed by atoms with Crippen LogP contribution < -0.4 is 0 Å². The summed E-state index contributed by atoms with van der Waals surface area (Å²) in [4.78, 5) is 37.3. The zero-order valence-electron chi connectivity index (χ0n) is 41.1. The lowest BCUT2D eigenvalue weighted by molar-refractivity contribution is -0.167. The van der Waals surface area contributed by atoms with Crippen molar-refractivity contribution in [2.24, 2.45) is 0 Å². The first kappa shape index (κ1) is 59.4. The fourth-order valence-corrected chi connectivity index (χ4v) is 7.61. The monoisotopic (exact) mass is 869 g/mol. The molecule has 1 atom stereocenters. The molecular weight excluding hydrogens is 769 g/mol. The molecule has 0 aliphatic rings. The molecule has 0 aromatic carbocycles. The summed E-state index contributed by atoms with van der Waals surface area (Å²) < 4.78 is 16.5. The third kappa shape index (κ3) is 48.4. The number of rotatable bonds is 48. The van der Waals surface area contributed by atoms with E-state index in [4.69, 9.17) is 14.2 Å². The third-order valence-electron chi connectivity index (χ3n) is 11.6. The van der Waals surface area contributed by atoms with E-state index in [0.717, 1.165) is 89.9 Å². The predicted octanol–water partition coefficient (Wildman–Crippen LogP) is 17.5. The number of unbranched alkanes of at least 4 members (excludes halogenated alkanes) is 29. The van der Waals surface area contributed by atoms with Crippen molar-refractivity contribution in [3.05, 3.63) is 48.6 Å². The van der Waals surface area contributed by atoms with Crippen LogP contribution in [0.25, 0.3) is 0 Å². The van der Waals surface area contributed by atoms with Gasteiger partial charge in [0.05, 0.1) is 0 Å². The average molecular weight is 869 g/mol. The van der Waals surface area contributed by atoms with Gasteiger partial charge in [-0.25, -0.2) is 0 Å². The van der Waals surface area contributed by atoms with Crippen LogP contribution in [0, 0.1) is 0 Å². The fraction of sp³-hybridized carbons (Fsp3) is 0.804. The van der Waals surface area contributed by atoms with Gasteiger partial charge < -0.3 is 14.2 Å². The Hall–Kier alpha value is -2.63.